The Balaban J connectivity index is 2.41. The van der Waals surface area contributed by atoms with Gasteiger partial charge in [0, 0.05) is 11.4 Å². The summed E-state index contributed by atoms with van der Waals surface area (Å²) in [5.74, 6) is -2.20. The Morgan fingerprint density at radius 1 is 1.35 bits per heavy atom. The number of anilines is 1. The Hall–Kier alpha value is -2.86. The van der Waals surface area contributed by atoms with Gasteiger partial charge in [-0.25, -0.2) is 4.39 Å². The van der Waals surface area contributed by atoms with E-state index in [1.54, 1.807) is 6.07 Å². The lowest BCUT2D eigenvalue weighted by Crippen LogP contribution is -2.24. The summed E-state index contributed by atoms with van der Waals surface area (Å²) in [4.78, 5) is 35.3. The lowest BCUT2D eigenvalue weighted by atomic mass is 10.1. The molecular formula is C17H18FN3O4S. The molecule has 0 bridgehead atoms. The van der Waals surface area contributed by atoms with Crippen LogP contribution in [0.1, 0.15) is 13.8 Å². The molecular weight excluding hydrogens is 361 g/mol. The number of nitrogens with two attached hydrogens (primary N) is 1. The Bertz CT molecular complexity index is 752. The number of nitrogens with one attached hydrogen (secondary N) is 1. The van der Waals surface area contributed by atoms with Gasteiger partial charge in [0.2, 0.25) is 11.7 Å². The van der Waals surface area contributed by atoms with Crippen molar-refractivity contribution in [2.45, 2.75) is 19.1 Å². The minimum atomic E-state index is -0.699. The van der Waals surface area contributed by atoms with Crippen LogP contribution in [-0.2, 0) is 19.1 Å². The minimum Gasteiger partial charge on any atom is -0.456 e. The summed E-state index contributed by atoms with van der Waals surface area (Å²) in [6.07, 6.45) is 0. The first-order valence-corrected chi connectivity index (χ1v) is 8.52. The van der Waals surface area contributed by atoms with Crippen LogP contribution in [0.15, 0.2) is 35.5 Å². The molecule has 138 valence electrons. The van der Waals surface area contributed by atoms with Crippen LogP contribution in [0.4, 0.5) is 10.1 Å². The Labute approximate surface area is 154 Å². The van der Waals surface area contributed by atoms with Crippen molar-refractivity contribution >= 4 is 35.1 Å². The van der Waals surface area contributed by atoms with Crippen LogP contribution < -0.4 is 11.1 Å². The fraction of sp³-hybridized carbons (Fsp3) is 0.294. The highest BCUT2D eigenvalue weighted by Crippen LogP contribution is 2.14. The summed E-state index contributed by atoms with van der Waals surface area (Å²) in [5, 5.41) is 10.7. The normalized spacial score (nSPS) is 12.4. The molecule has 0 heterocycles. The highest BCUT2D eigenvalue weighted by atomic mass is 32.2. The number of allylic oxidation sites excluding steroid dienone is 1. The third kappa shape index (κ3) is 6.94. The number of amides is 1. The molecule has 0 aliphatic carbocycles. The van der Waals surface area contributed by atoms with Gasteiger partial charge in [-0.05, 0) is 38.1 Å². The molecule has 0 radical (unpaired) electrons. The van der Waals surface area contributed by atoms with Gasteiger partial charge in [0.25, 0.3) is 0 Å². The first kappa shape index (κ1) is 21.2. The summed E-state index contributed by atoms with van der Waals surface area (Å²) in [6, 6.07) is 6.92. The van der Waals surface area contributed by atoms with Crippen LogP contribution >= 0.6 is 11.8 Å². The number of nitrogens with zero attached hydrogens (tertiary/aromatic N) is 1. The Kier molecular flexibility index (Phi) is 8.31. The molecule has 1 aromatic rings. The van der Waals surface area contributed by atoms with Crippen molar-refractivity contribution in [2.75, 3.05) is 17.7 Å². The first-order valence-electron chi connectivity index (χ1n) is 7.48. The number of halogens is 1. The van der Waals surface area contributed by atoms with Crippen molar-refractivity contribution in [2.24, 2.45) is 5.73 Å². The van der Waals surface area contributed by atoms with E-state index in [0.29, 0.717) is 5.69 Å². The molecule has 0 aromatic heterocycles. The summed E-state index contributed by atoms with van der Waals surface area (Å²) < 4.78 is 17.6. The molecule has 0 saturated heterocycles. The maximum Gasteiger partial charge on any atom is 0.319 e. The van der Waals surface area contributed by atoms with E-state index in [2.05, 4.69) is 5.32 Å². The van der Waals surface area contributed by atoms with Gasteiger partial charge in [0.1, 0.15) is 22.7 Å². The van der Waals surface area contributed by atoms with Crippen LogP contribution in [0.25, 0.3) is 0 Å². The number of hydrogen-bond donors (Lipinski definition) is 2. The smallest absolute Gasteiger partial charge is 0.319 e. The molecule has 1 unspecified atom stereocenters. The van der Waals surface area contributed by atoms with Crippen molar-refractivity contribution in [3.63, 3.8) is 0 Å². The summed E-state index contributed by atoms with van der Waals surface area (Å²) in [6.45, 7) is 2.33. The lowest BCUT2D eigenvalue weighted by molar-refractivity contribution is -0.146. The van der Waals surface area contributed by atoms with E-state index in [9.17, 15) is 18.8 Å². The molecule has 0 spiro atoms. The summed E-state index contributed by atoms with van der Waals surface area (Å²) >= 11 is 1.01. The SMILES string of the molecule is CC(N)=C(C#N)C(=O)COC(=O)C(C)SCC(=O)Nc1ccc(F)cc1. The molecule has 9 heteroatoms. The second-order valence-corrected chi connectivity index (χ2v) is 6.54. The minimum absolute atomic E-state index is 0.0349. The fourth-order valence-corrected chi connectivity index (χ4v) is 2.37. The van der Waals surface area contributed by atoms with Crippen LogP contribution in [0.3, 0.4) is 0 Å². The lowest BCUT2D eigenvalue weighted by Gasteiger charge is -2.11. The van der Waals surface area contributed by atoms with Gasteiger partial charge in [-0.2, -0.15) is 5.26 Å². The van der Waals surface area contributed by atoms with E-state index in [1.807, 2.05) is 0 Å². The molecule has 26 heavy (non-hydrogen) atoms. The number of ketones is 1. The van der Waals surface area contributed by atoms with Gasteiger partial charge in [-0.3, -0.25) is 14.4 Å². The number of benzene rings is 1. The second-order valence-electron chi connectivity index (χ2n) is 5.21. The van der Waals surface area contributed by atoms with Gasteiger partial charge < -0.3 is 15.8 Å². The predicted octanol–water partition coefficient (Wildman–Crippen LogP) is 1.75. The number of carbonyl (C=O) groups is 3. The van der Waals surface area contributed by atoms with Gasteiger partial charge in [-0.1, -0.05) is 0 Å². The van der Waals surface area contributed by atoms with Gasteiger partial charge >= 0.3 is 5.97 Å². The quantitative estimate of drug-likeness (QED) is 0.401. The van der Waals surface area contributed by atoms with E-state index in [1.165, 1.54) is 38.1 Å². The number of hydrogen-bond acceptors (Lipinski definition) is 7. The van der Waals surface area contributed by atoms with Crippen LogP contribution in [0.2, 0.25) is 0 Å². The largest absolute Gasteiger partial charge is 0.456 e. The van der Waals surface area contributed by atoms with Gasteiger partial charge in [0.05, 0.1) is 5.75 Å². The zero-order chi connectivity index (χ0) is 19.7. The number of ether oxygens (including phenoxy) is 1. The van der Waals surface area contributed by atoms with Crippen molar-refractivity contribution in [1.82, 2.24) is 0 Å². The molecule has 0 saturated carbocycles. The van der Waals surface area contributed by atoms with E-state index in [-0.39, 0.29) is 22.9 Å². The third-order valence-electron chi connectivity index (χ3n) is 3.05. The third-order valence-corrected chi connectivity index (χ3v) is 4.18. The molecule has 0 aliphatic rings. The van der Waals surface area contributed by atoms with E-state index in [4.69, 9.17) is 15.7 Å². The van der Waals surface area contributed by atoms with Crippen molar-refractivity contribution < 1.29 is 23.5 Å². The molecule has 7 nitrogen and oxygen atoms in total. The maximum atomic E-state index is 12.8. The monoisotopic (exact) mass is 379 g/mol. The van der Waals surface area contributed by atoms with Crippen LogP contribution in [-0.4, -0.2) is 35.3 Å². The standard InChI is InChI=1S/C17H18FN3O4S/c1-10(20)14(7-19)15(22)8-25-17(24)11(2)26-9-16(23)21-13-5-3-12(18)4-6-13/h3-6,11H,8-9,20H2,1-2H3,(H,21,23). The molecule has 1 aromatic carbocycles. The van der Waals surface area contributed by atoms with Crippen LogP contribution in [0, 0.1) is 17.1 Å². The molecule has 1 amide bonds. The molecule has 1 rings (SSSR count). The highest BCUT2D eigenvalue weighted by Gasteiger charge is 2.20. The molecule has 0 fully saturated rings. The van der Waals surface area contributed by atoms with Crippen molar-refractivity contribution in [3.05, 3.63) is 41.4 Å². The maximum absolute atomic E-state index is 12.8. The van der Waals surface area contributed by atoms with E-state index in [0.717, 1.165) is 11.8 Å². The average Bonchev–Trinajstić information content (AvgIpc) is 2.59. The topological polar surface area (TPSA) is 122 Å². The summed E-state index contributed by atoms with van der Waals surface area (Å²) in [5.41, 5.74) is 5.63. The number of Topliss-reactive ketones (excluding diaryl/α,β-unsaturated/α-hetero) is 1. The van der Waals surface area contributed by atoms with E-state index < -0.39 is 29.4 Å². The average molecular weight is 379 g/mol. The predicted molar refractivity (Wildman–Crippen MR) is 95.4 cm³/mol. The molecule has 3 N–H and O–H groups in total. The number of nitriles is 1. The second kappa shape index (κ2) is 10.2. The number of esters is 1. The molecule has 1 atom stereocenters. The first-order chi connectivity index (χ1) is 12.2. The highest BCUT2D eigenvalue weighted by molar-refractivity contribution is 8.01. The Morgan fingerprint density at radius 2 is 1.96 bits per heavy atom. The fourth-order valence-electron chi connectivity index (χ4n) is 1.70. The number of rotatable bonds is 8. The zero-order valence-corrected chi connectivity index (χ0v) is 15.1. The van der Waals surface area contributed by atoms with E-state index >= 15 is 0 Å². The van der Waals surface area contributed by atoms with Crippen molar-refractivity contribution in [1.29, 1.82) is 5.26 Å². The molecule has 0 aliphatic heterocycles. The number of thioether (sulfide) groups is 1. The summed E-state index contributed by atoms with van der Waals surface area (Å²) in [7, 11) is 0. The van der Waals surface area contributed by atoms with Gasteiger partial charge in [-0.15, -0.1) is 11.8 Å². The van der Waals surface area contributed by atoms with Gasteiger partial charge in [0.15, 0.2) is 6.61 Å². The Morgan fingerprint density at radius 3 is 2.50 bits per heavy atom. The van der Waals surface area contributed by atoms with Crippen molar-refractivity contribution in [3.8, 4) is 6.07 Å². The van der Waals surface area contributed by atoms with Crippen LogP contribution in [0.5, 0.6) is 0 Å². The zero-order valence-electron chi connectivity index (χ0n) is 14.2. The number of carbonyl (C=O) groups excluding carboxylic acids is 3.